The van der Waals surface area contributed by atoms with Crippen molar-refractivity contribution in [3.8, 4) is 0 Å². The number of carbonyl (C=O) groups is 1. The molecule has 0 aromatic rings. The lowest BCUT2D eigenvalue weighted by molar-refractivity contribution is -0.122. The molecule has 29 heavy (non-hydrogen) atoms. The number of amides is 1. The predicted molar refractivity (Wildman–Crippen MR) is 133 cm³/mol. The maximum atomic E-state index is 12.1. The Kier molecular flexibility index (Phi) is 14.2. The molecule has 0 aromatic heterocycles. The van der Waals surface area contributed by atoms with Crippen molar-refractivity contribution in [2.45, 2.75) is 89.3 Å². The van der Waals surface area contributed by atoms with E-state index in [0.29, 0.717) is 36.7 Å². The number of hydrogen-bond acceptors (Lipinski definition) is 3. The quantitative estimate of drug-likeness (QED) is 0.181. The zero-order valence-electron chi connectivity index (χ0n) is 18.2. The molecule has 2 saturated carbocycles. The Morgan fingerprint density at radius 2 is 1.79 bits per heavy atom. The van der Waals surface area contributed by atoms with Crippen LogP contribution in [0.2, 0.25) is 0 Å². The summed E-state index contributed by atoms with van der Waals surface area (Å²) in [4.78, 5) is 16.7. The molecule has 2 aliphatic carbocycles. The Morgan fingerprint density at radius 3 is 2.48 bits per heavy atom. The van der Waals surface area contributed by atoms with Crippen molar-refractivity contribution in [2.24, 2.45) is 10.9 Å². The third-order valence-corrected chi connectivity index (χ3v) is 7.61. The van der Waals surface area contributed by atoms with E-state index >= 15 is 0 Å². The lowest BCUT2D eigenvalue weighted by atomic mass is 9.87. The SMILES string of the molecule is CCNC(=NCCNC(=O)CC1CCCCC1)NC1CCCC(S(=O)CC)C1.I. The molecule has 0 aromatic carbocycles. The highest BCUT2D eigenvalue weighted by atomic mass is 127. The predicted octanol–water partition coefficient (Wildman–Crippen LogP) is 3.33. The van der Waals surface area contributed by atoms with E-state index in [1.807, 2.05) is 6.92 Å². The smallest absolute Gasteiger partial charge is 0.220 e. The van der Waals surface area contributed by atoms with E-state index in [0.717, 1.165) is 43.9 Å². The van der Waals surface area contributed by atoms with Crippen molar-refractivity contribution in [1.29, 1.82) is 0 Å². The molecule has 6 nitrogen and oxygen atoms in total. The molecule has 3 unspecified atom stereocenters. The van der Waals surface area contributed by atoms with Crippen LogP contribution in [0.4, 0.5) is 0 Å². The Labute approximate surface area is 196 Å². The van der Waals surface area contributed by atoms with Crippen molar-refractivity contribution in [3.63, 3.8) is 0 Å². The molecule has 1 amide bonds. The third kappa shape index (κ3) is 10.5. The van der Waals surface area contributed by atoms with Crippen LogP contribution in [-0.4, -0.2) is 52.8 Å². The topological polar surface area (TPSA) is 82.6 Å². The van der Waals surface area contributed by atoms with Gasteiger partial charge in [-0.1, -0.05) is 32.6 Å². The lowest BCUT2D eigenvalue weighted by Crippen LogP contribution is -2.47. The van der Waals surface area contributed by atoms with Gasteiger partial charge in [0.05, 0.1) is 6.54 Å². The van der Waals surface area contributed by atoms with E-state index in [2.05, 4.69) is 27.9 Å². The van der Waals surface area contributed by atoms with Crippen molar-refractivity contribution < 1.29 is 9.00 Å². The highest BCUT2D eigenvalue weighted by Gasteiger charge is 2.26. The molecule has 0 radical (unpaired) electrons. The van der Waals surface area contributed by atoms with Gasteiger partial charge in [0, 0.05) is 47.4 Å². The molecule has 0 bridgehead atoms. The Morgan fingerprint density at radius 1 is 1.03 bits per heavy atom. The fourth-order valence-corrected chi connectivity index (χ4v) is 5.70. The monoisotopic (exact) mass is 540 g/mol. The van der Waals surface area contributed by atoms with Gasteiger partial charge in [0.2, 0.25) is 5.91 Å². The first kappa shape index (κ1) is 26.7. The normalized spacial score (nSPS) is 24.3. The maximum Gasteiger partial charge on any atom is 0.220 e. The maximum absolute atomic E-state index is 12.1. The number of hydrogen-bond donors (Lipinski definition) is 3. The van der Waals surface area contributed by atoms with Gasteiger partial charge < -0.3 is 16.0 Å². The van der Waals surface area contributed by atoms with E-state index in [4.69, 9.17) is 0 Å². The number of aliphatic imine (C=N–C) groups is 1. The summed E-state index contributed by atoms with van der Waals surface area (Å²) in [6.07, 6.45) is 11.2. The van der Waals surface area contributed by atoms with Crippen LogP contribution >= 0.6 is 24.0 Å². The molecule has 2 fully saturated rings. The Bertz CT molecular complexity index is 527. The second kappa shape index (κ2) is 15.4. The van der Waals surface area contributed by atoms with Crippen LogP contribution in [0.1, 0.15) is 78.1 Å². The fraction of sp³-hybridized carbons (Fsp3) is 0.905. The summed E-state index contributed by atoms with van der Waals surface area (Å²) in [6.45, 7) is 6.01. The molecule has 170 valence electrons. The first-order valence-electron chi connectivity index (χ1n) is 11.3. The van der Waals surface area contributed by atoms with Crippen LogP contribution in [-0.2, 0) is 15.6 Å². The Hall–Kier alpha value is -0.380. The molecular weight excluding hydrogens is 499 g/mol. The zero-order valence-corrected chi connectivity index (χ0v) is 21.4. The van der Waals surface area contributed by atoms with Crippen LogP contribution in [0, 0.1) is 5.92 Å². The molecular formula is C21H41IN4O2S. The molecule has 3 N–H and O–H groups in total. The highest BCUT2D eigenvalue weighted by molar-refractivity contribution is 14.0. The van der Waals surface area contributed by atoms with Crippen LogP contribution < -0.4 is 16.0 Å². The van der Waals surface area contributed by atoms with Gasteiger partial charge in [-0.25, -0.2) is 0 Å². The number of guanidine groups is 1. The van der Waals surface area contributed by atoms with Crippen molar-refractivity contribution in [3.05, 3.63) is 0 Å². The number of nitrogens with one attached hydrogen (secondary N) is 3. The summed E-state index contributed by atoms with van der Waals surface area (Å²) in [6, 6.07) is 0.327. The summed E-state index contributed by atoms with van der Waals surface area (Å²) >= 11 is 0. The first-order chi connectivity index (χ1) is 13.6. The summed E-state index contributed by atoms with van der Waals surface area (Å²) in [7, 11) is -0.716. The molecule has 3 atom stereocenters. The van der Waals surface area contributed by atoms with Crippen molar-refractivity contribution in [1.82, 2.24) is 16.0 Å². The van der Waals surface area contributed by atoms with Gasteiger partial charge in [-0.3, -0.25) is 14.0 Å². The average molecular weight is 541 g/mol. The first-order valence-corrected chi connectivity index (χ1v) is 12.7. The van der Waals surface area contributed by atoms with Gasteiger partial charge in [-0.2, -0.15) is 0 Å². The second-order valence-corrected chi connectivity index (χ2v) is 10.1. The van der Waals surface area contributed by atoms with Crippen molar-refractivity contribution >= 4 is 46.6 Å². The summed E-state index contributed by atoms with van der Waals surface area (Å²) in [5.41, 5.74) is 0. The standard InChI is InChI=1S/C21H40N4O2S.HI/c1-3-22-21(25-18-11-8-12-19(16-18)28(27)4-2)24-14-13-23-20(26)15-17-9-6-5-7-10-17;/h17-19H,3-16H2,1-2H3,(H,23,26)(H2,22,24,25);1H. The third-order valence-electron chi connectivity index (χ3n) is 5.87. The van der Waals surface area contributed by atoms with Gasteiger partial charge in [0.15, 0.2) is 5.96 Å². The van der Waals surface area contributed by atoms with Gasteiger partial charge in [0.1, 0.15) is 0 Å². The number of rotatable bonds is 9. The van der Waals surface area contributed by atoms with E-state index in [1.54, 1.807) is 0 Å². The van der Waals surface area contributed by atoms with Crippen molar-refractivity contribution in [2.75, 3.05) is 25.4 Å². The number of halogens is 1. The lowest BCUT2D eigenvalue weighted by Gasteiger charge is -2.30. The Balaban J connectivity index is 0.00000420. The van der Waals surface area contributed by atoms with Gasteiger partial charge in [-0.15, -0.1) is 24.0 Å². The number of carbonyl (C=O) groups excluding carboxylic acids is 1. The zero-order chi connectivity index (χ0) is 20.2. The highest BCUT2D eigenvalue weighted by Crippen LogP contribution is 2.26. The molecule has 8 heteroatoms. The summed E-state index contributed by atoms with van der Waals surface area (Å²) in [5.74, 6) is 2.28. The minimum Gasteiger partial charge on any atom is -0.357 e. The molecule has 2 aliphatic rings. The summed E-state index contributed by atoms with van der Waals surface area (Å²) in [5, 5.41) is 10.1. The minimum absolute atomic E-state index is 0. The van der Waals surface area contributed by atoms with E-state index in [1.165, 1.54) is 32.1 Å². The average Bonchev–Trinajstić information content (AvgIpc) is 2.71. The second-order valence-electron chi connectivity index (χ2n) is 8.12. The molecule has 0 saturated heterocycles. The molecule has 0 spiro atoms. The molecule has 2 rings (SSSR count). The van der Waals surface area contributed by atoms with Gasteiger partial charge in [0.25, 0.3) is 0 Å². The van der Waals surface area contributed by atoms with Crippen LogP contribution in [0.5, 0.6) is 0 Å². The van der Waals surface area contributed by atoms with E-state index < -0.39 is 10.8 Å². The summed E-state index contributed by atoms with van der Waals surface area (Å²) < 4.78 is 12.1. The molecule has 0 aliphatic heterocycles. The van der Waals surface area contributed by atoms with Crippen LogP contribution in [0.15, 0.2) is 4.99 Å². The van der Waals surface area contributed by atoms with Crippen LogP contribution in [0.3, 0.4) is 0 Å². The van der Waals surface area contributed by atoms with Crippen LogP contribution in [0.25, 0.3) is 0 Å². The van der Waals surface area contributed by atoms with Gasteiger partial charge >= 0.3 is 0 Å². The number of nitrogens with zero attached hydrogens (tertiary/aromatic N) is 1. The van der Waals surface area contributed by atoms with E-state index in [9.17, 15) is 9.00 Å². The fourth-order valence-electron chi connectivity index (χ4n) is 4.35. The minimum atomic E-state index is -0.716. The largest absolute Gasteiger partial charge is 0.357 e. The van der Waals surface area contributed by atoms with Gasteiger partial charge in [-0.05, 0) is 44.9 Å². The van der Waals surface area contributed by atoms with E-state index in [-0.39, 0.29) is 29.9 Å². The molecule has 0 heterocycles.